The van der Waals surface area contributed by atoms with E-state index < -0.39 is 0 Å². The Kier molecular flexibility index (Phi) is 4.45. The number of aryl methyl sites for hydroxylation is 3. The largest absolute Gasteiger partial charge is 0.366 e. The van der Waals surface area contributed by atoms with E-state index in [1.165, 1.54) is 28.7 Å². The standard InChI is InChI=1S/C17H16N2OS2.ClH/c1-9-13(16(18)20)15(12-7-4-8-21-12)14-10-5-2-3-6-11(10)22-17(14)19-9;/h4,7-8H,2-3,5-6H2,1H3,(H2,18,20);1H. The zero-order valence-electron chi connectivity index (χ0n) is 12.7. The highest BCUT2D eigenvalue weighted by molar-refractivity contribution is 7.19. The molecule has 1 aliphatic rings. The SMILES string of the molecule is Cc1nc2sc3c(c2c(-c2cccs2)c1C(N)=O)CCCC3.Cl. The third-order valence-corrected chi connectivity index (χ3v) is 6.37. The van der Waals surface area contributed by atoms with E-state index in [1.807, 2.05) is 18.4 Å². The van der Waals surface area contributed by atoms with Crippen molar-refractivity contribution in [3.05, 3.63) is 39.2 Å². The number of carbonyl (C=O) groups excluding carboxylic acids is 1. The van der Waals surface area contributed by atoms with Crippen molar-refractivity contribution in [2.75, 3.05) is 0 Å². The van der Waals surface area contributed by atoms with Crippen LogP contribution in [0.2, 0.25) is 0 Å². The maximum absolute atomic E-state index is 12.1. The summed E-state index contributed by atoms with van der Waals surface area (Å²) < 4.78 is 0. The van der Waals surface area contributed by atoms with Crippen LogP contribution >= 0.6 is 35.1 Å². The molecule has 3 aromatic rings. The number of nitrogens with zero attached hydrogens (tertiary/aromatic N) is 1. The van der Waals surface area contributed by atoms with Gasteiger partial charge in [0.25, 0.3) is 5.91 Å². The predicted octanol–water partition coefficient (Wildman–Crippen LogP) is 4.73. The minimum Gasteiger partial charge on any atom is -0.366 e. The highest BCUT2D eigenvalue weighted by atomic mass is 35.5. The molecule has 0 unspecified atom stereocenters. The first-order valence-corrected chi connectivity index (χ1v) is 9.15. The van der Waals surface area contributed by atoms with Crippen LogP contribution in [-0.2, 0) is 12.8 Å². The zero-order chi connectivity index (χ0) is 15.3. The molecule has 0 bridgehead atoms. The Morgan fingerprint density at radius 2 is 2.09 bits per heavy atom. The number of thiophene rings is 2. The second-order valence-electron chi connectivity index (χ2n) is 5.68. The second-order valence-corrected chi connectivity index (χ2v) is 7.71. The van der Waals surface area contributed by atoms with Crippen LogP contribution in [-0.4, -0.2) is 10.9 Å². The van der Waals surface area contributed by atoms with Gasteiger partial charge < -0.3 is 5.73 Å². The number of amides is 1. The number of aromatic nitrogens is 1. The van der Waals surface area contributed by atoms with Crippen molar-refractivity contribution in [1.82, 2.24) is 4.98 Å². The lowest BCUT2D eigenvalue weighted by Crippen LogP contribution is -2.15. The van der Waals surface area contributed by atoms with E-state index in [0.717, 1.165) is 33.8 Å². The van der Waals surface area contributed by atoms with Gasteiger partial charge in [0.15, 0.2) is 0 Å². The van der Waals surface area contributed by atoms with Crippen LogP contribution < -0.4 is 5.73 Å². The van der Waals surface area contributed by atoms with E-state index >= 15 is 0 Å². The Morgan fingerprint density at radius 3 is 2.78 bits per heavy atom. The lowest BCUT2D eigenvalue weighted by atomic mass is 9.92. The van der Waals surface area contributed by atoms with Gasteiger partial charge in [-0.05, 0) is 49.6 Å². The predicted molar refractivity (Wildman–Crippen MR) is 100 cm³/mol. The first-order chi connectivity index (χ1) is 10.7. The van der Waals surface area contributed by atoms with Crippen molar-refractivity contribution in [3.63, 3.8) is 0 Å². The van der Waals surface area contributed by atoms with E-state index in [2.05, 4.69) is 6.07 Å². The smallest absolute Gasteiger partial charge is 0.251 e. The number of carbonyl (C=O) groups is 1. The fraction of sp³-hybridized carbons (Fsp3) is 0.294. The number of fused-ring (bicyclic) bond motifs is 3. The number of nitrogens with two attached hydrogens (primary N) is 1. The second kappa shape index (κ2) is 6.23. The van der Waals surface area contributed by atoms with Crippen molar-refractivity contribution in [2.45, 2.75) is 32.6 Å². The fourth-order valence-corrected chi connectivity index (χ4v) is 5.47. The molecular formula is C17H17ClN2OS2. The van der Waals surface area contributed by atoms with Crippen LogP contribution in [0.5, 0.6) is 0 Å². The van der Waals surface area contributed by atoms with Crippen LogP contribution in [0.3, 0.4) is 0 Å². The molecule has 23 heavy (non-hydrogen) atoms. The zero-order valence-corrected chi connectivity index (χ0v) is 15.2. The molecular weight excluding hydrogens is 348 g/mol. The molecule has 0 saturated carbocycles. The van der Waals surface area contributed by atoms with Gasteiger partial charge in [-0.25, -0.2) is 4.98 Å². The van der Waals surface area contributed by atoms with Crippen molar-refractivity contribution in [1.29, 1.82) is 0 Å². The molecule has 0 saturated heterocycles. The molecule has 0 fully saturated rings. The number of primary amides is 1. The first-order valence-electron chi connectivity index (χ1n) is 7.45. The monoisotopic (exact) mass is 364 g/mol. The first kappa shape index (κ1) is 16.4. The molecule has 120 valence electrons. The summed E-state index contributed by atoms with van der Waals surface area (Å²) in [5, 5.41) is 3.21. The summed E-state index contributed by atoms with van der Waals surface area (Å²) in [5.74, 6) is -0.383. The number of hydrogen-bond donors (Lipinski definition) is 1. The van der Waals surface area contributed by atoms with Crippen LogP contribution in [0, 0.1) is 6.92 Å². The normalized spacial score (nSPS) is 13.6. The summed E-state index contributed by atoms with van der Waals surface area (Å²) in [4.78, 5) is 20.4. The molecule has 0 aromatic carbocycles. The topological polar surface area (TPSA) is 56.0 Å². The molecule has 3 nitrogen and oxygen atoms in total. The molecule has 0 atom stereocenters. The van der Waals surface area contributed by atoms with E-state index in [4.69, 9.17) is 10.7 Å². The van der Waals surface area contributed by atoms with E-state index in [-0.39, 0.29) is 18.3 Å². The Hall–Kier alpha value is -1.43. The molecule has 3 aromatic heterocycles. The van der Waals surface area contributed by atoms with Gasteiger partial charge in [-0.1, -0.05) is 6.07 Å². The van der Waals surface area contributed by atoms with E-state index in [9.17, 15) is 4.79 Å². The average molecular weight is 365 g/mol. The lowest BCUT2D eigenvalue weighted by Gasteiger charge is -2.14. The van der Waals surface area contributed by atoms with Gasteiger partial charge in [-0.2, -0.15) is 0 Å². The van der Waals surface area contributed by atoms with Crippen molar-refractivity contribution in [3.8, 4) is 10.4 Å². The molecule has 1 aliphatic carbocycles. The third kappa shape index (κ3) is 2.57. The Bertz CT molecular complexity index is 884. The maximum atomic E-state index is 12.1. The molecule has 4 rings (SSSR count). The Labute approximate surface area is 149 Å². The number of hydrogen-bond acceptors (Lipinski definition) is 4. The summed E-state index contributed by atoms with van der Waals surface area (Å²) in [5.41, 5.74) is 9.41. The highest BCUT2D eigenvalue weighted by Gasteiger charge is 2.25. The Morgan fingerprint density at radius 1 is 1.30 bits per heavy atom. The number of rotatable bonds is 2. The van der Waals surface area contributed by atoms with E-state index in [1.54, 1.807) is 22.7 Å². The molecule has 6 heteroatoms. The van der Waals surface area contributed by atoms with Crippen LogP contribution in [0.1, 0.15) is 39.3 Å². The molecule has 1 amide bonds. The number of halogens is 1. The van der Waals surface area contributed by atoms with Gasteiger partial charge in [-0.3, -0.25) is 4.79 Å². The lowest BCUT2D eigenvalue weighted by molar-refractivity contribution is 0.1000. The van der Waals surface area contributed by atoms with Gasteiger partial charge in [0.05, 0.1) is 11.3 Å². The molecule has 3 heterocycles. The molecule has 2 N–H and O–H groups in total. The van der Waals surface area contributed by atoms with Gasteiger partial charge >= 0.3 is 0 Å². The minimum atomic E-state index is -0.383. The summed E-state index contributed by atoms with van der Waals surface area (Å²) in [6.45, 7) is 1.88. The summed E-state index contributed by atoms with van der Waals surface area (Å²) in [6.07, 6.45) is 4.67. The minimum absolute atomic E-state index is 0. The summed E-state index contributed by atoms with van der Waals surface area (Å²) in [6, 6.07) is 4.09. The molecule has 0 aliphatic heterocycles. The highest BCUT2D eigenvalue weighted by Crippen LogP contribution is 2.43. The Balaban J connectivity index is 0.00000156. The fourth-order valence-electron chi connectivity index (χ4n) is 3.37. The van der Waals surface area contributed by atoms with Crippen molar-refractivity contribution >= 4 is 51.2 Å². The van der Waals surface area contributed by atoms with Gasteiger partial charge in [-0.15, -0.1) is 35.1 Å². The third-order valence-electron chi connectivity index (χ3n) is 4.30. The van der Waals surface area contributed by atoms with Gasteiger partial charge in [0.2, 0.25) is 0 Å². The van der Waals surface area contributed by atoms with Gasteiger partial charge in [0, 0.05) is 20.7 Å². The average Bonchev–Trinajstić information content (AvgIpc) is 3.12. The number of pyridine rings is 1. The van der Waals surface area contributed by atoms with Crippen molar-refractivity contribution < 1.29 is 4.79 Å². The van der Waals surface area contributed by atoms with E-state index in [0.29, 0.717) is 5.56 Å². The molecule has 0 spiro atoms. The van der Waals surface area contributed by atoms with Crippen molar-refractivity contribution in [2.24, 2.45) is 5.73 Å². The van der Waals surface area contributed by atoms with Crippen LogP contribution in [0.15, 0.2) is 17.5 Å². The molecule has 0 radical (unpaired) electrons. The maximum Gasteiger partial charge on any atom is 0.251 e. The van der Waals surface area contributed by atoms with Crippen LogP contribution in [0.4, 0.5) is 0 Å². The van der Waals surface area contributed by atoms with Gasteiger partial charge in [0.1, 0.15) is 4.83 Å². The quantitative estimate of drug-likeness (QED) is 0.714. The van der Waals surface area contributed by atoms with Crippen LogP contribution in [0.25, 0.3) is 20.7 Å². The summed E-state index contributed by atoms with van der Waals surface area (Å²) in [7, 11) is 0. The summed E-state index contributed by atoms with van der Waals surface area (Å²) >= 11 is 3.44.